The van der Waals surface area contributed by atoms with E-state index in [1.54, 1.807) is 32.6 Å². The molecule has 1 heterocycles. The van der Waals surface area contributed by atoms with E-state index in [1.165, 1.54) is 5.57 Å². The van der Waals surface area contributed by atoms with Crippen molar-refractivity contribution in [3.8, 4) is 11.5 Å². The number of hydrogen-bond acceptors (Lipinski definition) is 4. The highest BCUT2D eigenvalue weighted by Crippen LogP contribution is 2.25. The van der Waals surface area contributed by atoms with Crippen molar-refractivity contribution in [1.29, 1.82) is 0 Å². The fourth-order valence-corrected chi connectivity index (χ4v) is 2.77. The number of methoxy groups -OCH3 is 2. The number of aliphatic hydroxyl groups is 1. The summed E-state index contributed by atoms with van der Waals surface area (Å²) < 4.78 is 15.9. The molecule has 1 N–H and O–H groups in total. The molecule has 0 saturated heterocycles. The van der Waals surface area contributed by atoms with Crippen LogP contribution in [0.5, 0.6) is 11.5 Å². The monoisotopic (exact) mass is 382 g/mol. The summed E-state index contributed by atoms with van der Waals surface area (Å²) in [7, 11) is 3.33. The third kappa shape index (κ3) is 7.12. The Labute approximate surface area is 167 Å². The van der Waals surface area contributed by atoms with Gasteiger partial charge in [0.1, 0.15) is 23.4 Å². The first-order valence-corrected chi connectivity index (χ1v) is 9.56. The lowest BCUT2D eigenvalue weighted by Gasteiger charge is -2.07. The van der Waals surface area contributed by atoms with Gasteiger partial charge in [-0.25, -0.2) is 0 Å². The first-order valence-electron chi connectivity index (χ1n) is 9.56. The molecule has 1 aromatic heterocycles. The van der Waals surface area contributed by atoms with Crippen LogP contribution in [0.15, 0.2) is 70.9 Å². The summed E-state index contributed by atoms with van der Waals surface area (Å²) in [6.07, 6.45) is 15.0. The van der Waals surface area contributed by atoms with Crippen molar-refractivity contribution in [2.45, 2.75) is 38.7 Å². The van der Waals surface area contributed by atoms with E-state index in [4.69, 9.17) is 13.9 Å². The summed E-state index contributed by atoms with van der Waals surface area (Å²) in [4.78, 5) is 0. The molecule has 28 heavy (non-hydrogen) atoms. The summed E-state index contributed by atoms with van der Waals surface area (Å²) >= 11 is 0. The van der Waals surface area contributed by atoms with Crippen LogP contribution in [0.25, 0.3) is 6.08 Å². The molecular formula is C24H30O4. The van der Waals surface area contributed by atoms with Crippen LogP contribution in [0.2, 0.25) is 0 Å². The van der Waals surface area contributed by atoms with Crippen molar-refractivity contribution >= 4 is 6.08 Å². The molecule has 4 nitrogen and oxygen atoms in total. The average Bonchev–Trinajstić information content (AvgIpc) is 3.26. The molecule has 0 saturated carbocycles. The van der Waals surface area contributed by atoms with Crippen LogP contribution in [0.3, 0.4) is 0 Å². The zero-order valence-electron chi connectivity index (χ0n) is 16.9. The van der Waals surface area contributed by atoms with Crippen LogP contribution in [-0.2, 0) is 0 Å². The van der Waals surface area contributed by atoms with Crippen molar-refractivity contribution in [3.05, 3.63) is 77.8 Å². The maximum Gasteiger partial charge on any atom is 0.132 e. The molecule has 0 aliphatic carbocycles. The van der Waals surface area contributed by atoms with Gasteiger partial charge in [-0.3, -0.25) is 0 Å². The second-order valence-corrected chi connectivity index (χ2v) is 6.60. The minimum Gasteiger partial charge on any atom is -0.497 e. The molecule has 0 bridgehead atoms. The molecule has 1 atom stereocenters. The van der Waals surface area contributed by atoms with E-state index < -0.39 is 6.10 Å². The Bertz CT molecular complexity index is 785. The van der Waals surface area contributed by atoms with Gasteiger partial charge in [0.25, 0.3) is 0 Å². The Hall–Kier alpha value is -2.72. The van der Waals surface area contributed by atoms with Crippen LogP contribution >= 0.6 is 0 Å². The highest BCUT2D eigenvalue weighted by Gasteiger charge is 2.09. The Morgan fingerprint density at radius 1 is 1.14 bits per heavy atom. The van der Waals surface area contributed by atoms with Gasteiger partial charge in [0.15, 0.2) is 0 Å². The van der Waals surface area contributed by atoms with E-state index >= 15 is 0 Å². The summed E-state index contributed by atoms with van der Waals surface area (Å²) in [5.41, 5.74) is 2.25. The van der Waals surface area contributed by atoms with E-state index in [-0.39, 0.29) is 0 Å². The van der Waals surface area contributed by atoms with Crippen LogP contribution in [0.4, 0.5) is 0 Å². The topological polar surface area (TPSA) is 51.8 Å². The van der Waals surface area contributed by atoms with Gasteiger partial charge in [0.2, 0.25) is 0 Å². The van der Waals surface area contributed by atoms with Crippen LogP contribution in [0, 0.1) is 0 Å². The molecule has 0 fully saturated rings. The fraction of sp³-hybridized carbons (Fsp3) is 0.333. The lowest BCUT2D eigenvalue weighted by atomic mass is 10.1. The number of furan rings is 1. The summed E-state index contributed by atoms with van der Waals surface area (Å²) in [5.74, 6) is 2.28. The van der Waals surface area contributed by atoms with Gasteiger partial charge in [0, 0.05) is 5.56 Å². The lowest BCUT2D eigenvalue weighted by molar-refractivity contribution is 0.140. The molecule has 0 amide bonds. The Morgan fingerprint density at radius 3 is 2.68 bits per heavy atom. The molecule has 2 rings (SSSR count). The summed E-state index contributed by atoms with van der Waals surface area (Å²) in [5, 5.41) is 10.0. The van der Waals surface area contributed by atoms with Crippen molar-refractivity contribution < 1.29 is 19.0 Å². The number of aliphatic hydroxyl groups excluding tert-OH is 1. The number of hydrogen-bond donors (Lipinski definition) is 1. The van der Waals surface area contributed by atoms with E-state index in [1.807, 2.05) is 18.2 Å². The predicted molar refractivity (Wildman–Crippen MR) is 114 cm³/mol. The zero-order valence-corrected chi connectivity index (χ0v) is 16.9. The largest absolute Gasteiger partial charge is 0.497 e. The SMILES string of the molecule is COc1ccc(OC)c(/C=C\CC/C=C/C=C(\C)CCC(O)c2ccco2)c1. The van der Waals surface area contributed by atoms with Crippen molar-refractivity contribution in [1.82, 2.24) is 0 Å². The molecule has 0 aliphatic heterocycles. The highest BCUT2D eigenvalue weighted by molar-refractivity contribution is 5.59. The molecular weight excluding hydrogens is 352 g/mol. The maximum atomic E-state index is 10.0. The normalized spacial score (nSPS) is 13.4. The number of benzene rings is 1. The first kappa shape index (κ1) is 21.6. The Kier molecular flexibility index (Phi) is 9.16. The average molecular weight is 383 g/mol. The Morgan fingerprint density at radius 2 is 1.96 bits per heavy atom. The standard InChI is InChI=1S/C24H30O4/c1-19(13-15-22(25)24-12-9-17-28-24)10-7-5-4-6-8-11-20-18-21(26-2)14-16-23(20)27-3/h5,7-12,14,16-18,22,25H,4,6,13,15H2,1-3H3/b7-5+,11-8-,19-10+. The number of unbranched alkanes of at least 4 members (excludes halogenated alkanes) is 1. The zero-order chi connectivity index (χ0) is 20.2. The molecule has 0 radical (unpaired) electrons. The molecule has 2 aromatic rings. The molecule has 0 aliphatic rings. The van der Waals surface area contributed by atoms with E-state index in [0.717, 1.165) is 36.3 Å². The third-order valence-corrected chi connectivity index (χ3v) is 4.43. The van der Waals surface area contributed by atoms with Gasteiger partial charge in [-0.15, -0.1) is 0 Å². The second kappa shape index (κ2) is 11.9. The summed E-state index contributed by atoms with van der Waals surface area (Å²) in [6.45, 7) is 2.08. The van der Waals surface area contributed by atoms with Gasteiger partial charge in [-0.05, 0) is 62.9 Å². The van der Waals surface area contributed by atoms with Crippen molar-refractivity contribution in [2.75, 3.05) is 14.2 Å². The highest BCUT2D eigenvalue weighted by atomic mass is 16.5. The Balaban J connectivity index is 1.73. The number of ether oxygens (including phenoxy) is 2. The number of rotatable bonds is 11. The van der Waals surface area contributed by atoms with Crippen molar-refractivity contribution in [3.63, 3.8) is 0 Å². The molecule has 4 heteroatoms. The van der Waals surface area contributed by atoms with Crippen molar-refractivity contribution in [2.24, 2.45) is 0 Å². The minimum atomic E-state index is -0.541. The second-order valence-electron chi connectivity index (χ2n) is 6.60. The lowest BCUT2D eigenvalue weighted by Crippen LogP contribution is -1.95. The summed E-state index contributed by atoms with van der Waals surface area (Å²) in [6, 6.07) is 9.37. The van der Waals surface area contributed by atoms with E-state index in [9.17, 15) is 5.11 Å². The predicted octanol–water partition coefficient (Wildman–Crippen LogP) is 6.11. The number of allylic oxidation sites excluding steroid dienone is 5. The molecule has 1 aromatic carbocycles. The van der Waals surface area contributed by atoms with Gasteiger partial charge in [-0.1, -0.05) is 36.0 Å². The molecule has 150 valence electrons. The van der Waals surface area contributed by atoms with Crippen LogP contribution < -0.4 is 9.47 Å². The van der Waals surface area contributed by atoms with Gasteiger partial charge in [-0.2, -0.15) is 0 Å². The molecule has 0 spiro atoms. The van der Waals surface area contributed by atoms with E-state index in [2.05, 4.69) is 37.3 Å². The van der Waals surface area contributed by atoms with Gasteiger partial charge in [0.05, 0.1) is 20.5 Å². The first-order chi connectivity index (χ1) is 13.6. The maximum absolute atomic E-state index is 10.0. The smallest absolute Gasteiger partial charge is 0.132 e. The van der Waals surface area contributed by atoms with Crippen LogP contribution in [-0.4, -0.2) is 19.3 Å². The molecule has 1 unspecified atom stereocenters. The van der Waals surface area contributed by atoms with Crippen LogP contribution in [0.1, 0.15) is 50.0 Å². The minimum absolute atomic E-state index is 0.541. The van der Waals surface area contributed by atoms with Gasteiger partial charge < -0.3 is 19.0 Å². The van der Waals surface area contributed by atoms with E-state index in [0.29, 0.717) is 12.2 Å². The fourth-order valence-electron chi connectivity index (χ4n) is 2.77. The third-order valence-electron chi connectivity index (χ3n) is 4.43. The van der Waals surface area contributed by atoms with Gasteiger partial charge >= 0.3 is 0 Å². The quantitative estimate of drug-likeness (QED) is 0.376.